The molecule has 3 aromatic rings. The molecule has 37 heavy (non-hydrogen) atoms. The smallest absolute Gasteiger partial charge is 0.338 e. The molecule has 0 aliphatic heterocycles. The lowest BCUT2D eigenvalue weighted by molar-refractivity contribution is -0.144. The lowest BCUT2D eigenvalue weighted by Gasteiger charge is -2.24. The van der Waals surface area contributed by atoms with E-state index in [2.05, 4.69) is 4.98 Å². The van der Waals surface area contributed by atoms with Crippen LogP contribution in [0.15, 0.2) is 60.9 Å². The Morgan fingerprint density at radius 2 is 1.59 bits per heavy atom. The van der Waals surface area contributed by atoms with Crippen molar-refractivity contribution in [2.24, 2.45) is 0 Å². The van der Waals surface area contributed by atoms with Gasteiger partial charge in [0.25, 0.3) is 0 Å². The zero-order chi connectivity index (χ0) is 26.6. The fourth-order valence-electron chi connectivity index (χ4n) is 3.74. The number of carbonyl (C=O) groups is 2. The molecular weight excluding hydrogens is 476 g/mol. The number of benzene rings is 2. The van der Waals surface area contributed by atoms with Crippen LogP contribution in [0, 0.1) is 0 Å². The summed E-state index contributed by atoms with van der Waals surface area (Å²) in [7, 11) is 3.16. The lowest BCUT2D eigenvalue weighted by atomic mass is 10.1. The number of hydrogen-bond acceptors (Lipinski definition) is 9. The van der Waals surface area contributed by atoms with Gasteiger partial charge in [0.15, 0.2) is 0 Å². The third-order valence-electron chi connectivity index (χ3n) is 5.38. The summed E-state index contributed by atoms with van der Waals surface area (Å²) in [6.45, 7) is 4.60. The topological polar surface area (TPSA) is 96.4 Å². The minimum atomic E-state index is -0.455. The third-order valence-corrected chi connectivity index (χ3v) is 5.38. The van der Waals surface area contributed by atoms with Crippen LogP contribution in [0.3, 0.4) is 0 Å². The number of aromatic nitrogens is 1. The number of nitrogens with zero attached hydrogens (tertiary/aromatic N) is 2. The molecule has 0 bridgehead atoms. The normalized spacial score (nSPS) is 10.6. The van der Waals surface area contributed by atoms with Crippen LogP contribution in [0.5, 0.6) is 23.0 Å². The highest BCUT2D eigenvalue weighted by molar-refractivity contribution is 5.91. The zero-order valence-electron chi connectivity index (χ0n) is 21.6. The average molecular weight is 509 g/mol. The van der Waals surface area contributed by atoms with Crippen molar-refractivity contribution >= 4 is 11.9 Å². The van der Waals surface area contributed by atoms with Gasteiger partial charge in [-0.1, -0.05) is 6.07 Å². The molecule has 2 aromatic carbocycles. The summed E-state index contributed by atoms with van der Waals surface area (Å²) in [6.07, 6.45) is 3.25. The molecule has 0 fully saturated rings. The molecule has 1 aromatic heterocycles. The molecule has 0 atom stereocenters. The van der Waals surface area contributed by atoms with E-state index in [0.29, 0.717) is 40.7 Å². The van der Waals surface area contributed by atoms with E-state index in [0.717, 1.165) is 5.56 Å². The second-order valence-corrected chi connectivity index (χ2v) is 7.96. The number of rotatable bonds is 13. The maximum Gasteiger partial charge on any atom is 0.338 e. The van der Waals surface area contributed by atoms with E-state index >= 15 is 0 Å². The summed E-state index contributed by atoms with van der Waals surface area (Å²) in [5.74, 6) is 1.52. The maximum atomic E-state index is 12.8. The predicted octanol–water partition coefficient (Wildman–Crippen LogP) is 4.63. The van der Waals surface area contributed by atoms with Crippen molar-refractivity contribution < 1.29 is 33.3 Å². The highest BCUT2D eigenvalue weighted by atomic mass is 16.5. The molecule has 0 N–H and O–H groups in total. The molecule has 196 valence electrons. The van der Waals surface area contributed by atoms with Gasteiger partial charge in [0.05, 0.1) is 45.7 Å². The second-order valence-electron chi connectivity index (χ2n) is 7.96. The van der Waals surface area contributed by atoms with Gasteiger partial charge < -0.3 is 23.7 Å². The summed E-state index contributed by atoms with van der Waals surface area (Å²) in [5, 5.41) is 0. The van der Waals surface area contributed by atoms with Crippen LogP contribution in [0.4, 0.5) is 0 Å². The van der Waals surface area contributed by atoms with Crippen LogP contribution in [0.25, 0.3) is 0 Å². The zero-order valence-corrected chi connectivity index (χ0v) is 21.6. The number of hydrogen-bond donors (Lipinski definition) is 0. The molecule has 0 unspecified atom stereocenters. The monoisotopic (exact) mass is 508 g/mol. The Kier molecular flexibility index (Phi) is 10.3. The Hall–Kier alpha value is -4.11. The van der Waals surface area contributed by atoms with Crippen LogP contribution >= 0.6 is 0 Å². The molecule has 3 rings (SSSR count). The molecular formula is C28H32N2O7. The predicted molar refractivity (Wildman–Crippen MR) is 137 cm³/mol. The number of methoxy groups -OCH3 is 2. The highest BCUT2D eigenvalue weighted by Crippen LogP contribution is 2.28. The molecule has 0 saturated heterocycles. The number of pyridine rings is 1. The molecule has 0 saturated carbocycles. The van der Waals surface area contributed by atoms with Crippen molar-refractivity contribution in [1.82, 2.24) is 9.88 Å². The van der Waals surface area contributed by atoms with Gasteiger partial charge in [0.1, 0.15) is 23.0 Å². The van der Waals surface area contributed by atoms with Crippen molar-refractivity contribution in [2.45, 2.75) is 26.9 Å². The number of ether oxygens (including phenoxy) is 5. The minimum Gasteiger partial charge on any atom is -0.497 e. The van der Waals surface area contributed by atoms with Crippen molar-refractivity contribution in [2.75, 3.05) is 34.0 Å². The Bertz CT molecular complexity index is 1180. The Balaban J connectivity index is 1.96. The van der Waals surface area contributed by atoms with Crippen LogP contribution in [-0.2, 0) is 27.4 Å². The van der Waals surface area contributed by atoms with E-state index in [4.69, 9.17) is 23.7 Å². The molecule has 0 aliphatic rings. The first kappa shape index (κ1) is 27.5. The maximum absolute atomic E-state index is 12.8. The first-order valence-electron chi connectivity index (χ1n) is 11.9. The van der Waals surface area contributed by atoms with E-state index < -0.39 is 5.97 Å². The van der Waals surface area contributed by atoms with Gasteiger partial charge >= 0.3 is 11.9 Å². The summed E-state index contributed by atoms with van der Waals surface area (Å²) in [4.78, 5) is 31.2. The van der Waals surface area contributed by atoms with E-state index in [1.807, 2.05) is 17.0 Å². The third kappa shape index (κ3) is 7.94. The first-order chi connectivity index (χ1) is 18.0. The minimum absolute atomic E-state index is 0.00101. The van der Waals surface area contributed by atoms with Crippen molar-refractivity contribution in [3.8, 4) is 23.0 Å². The SMILES string of the molecule is CCOC(=O)CN(Cc1ccc(OC)cc1OC)Cc1cc(Oc2cccnc2)ccc1C(=O)OCC. The summed E-state index contributed by atoms with van der Waals surface area (Å²) >= 11 is 0. The summed E-state index contributed by atoms with van der Waals surface area (Å²) in [6, 6.07) is 14.2. The average Bonchev–Trinajstić information content (AvgIpc) is 2.90. The largest absolute Gasteiger partial charge is 0.497 e. The second kappa shape index (κ2) is 13.8. The highest BCUT2D eigenvalue weighted by Gasteiger charge is 2.20. The molecule has 9 nitrogen and oxygen atoms in total. The summed E-state index contributed by atoms with van der Waals surface area (Å²) in [5.41, 5.74) is 1.86. The van der Waals surface area contributed by atoms with Gasteiger partial charge in [-0.2, -0.15) is 0 Å². The van der Waals surface area contributed by atoms with Gasteiger partial charge in [0, 0.05) is 30.9 Å². The van der Waals surface area contributed by atoms with Gasteiger partial charge in [-0.3, -0.25) is 14.7 Å². The van der Waals surface area contributed by atoms with E-state index in [9.17, 15) is 9.59 Å². The molecule has 0 radical (unpaired) electrons. The van der Waals surface area contributed by atoms with Gasteiger partial charge in [-0.05, 0) is 55.8 Å². The van der Waals surface area contributed by atoms with Crippen LogP contribution in [0.2, 0.25) is 0 Å². The fraction of sp³-hybridized carbons (Fsp3) is 0.321. The van der Waals surface area contributed by atoms with Crippen molar-refractivity contribution in [3.05, 3.63) is 77.6 Å². The molecule has 0 aliphatic carbocycles. The van der Waals surface area contributed by atoms with Crippen molar-refractivity contribution in [1.29, 1.82) is 0 Å². The van der Waals surface area contributed by atoms with E-state index in [1.54, 1.807) is 76.9 Å². The quantitative estimate of drug-likeness (QED) is 0.306. The Labute approximate surface area is 216 Å². The van der Waals surface area contributed by atoms with Crippen molar-refractivity contribution in [3.63, 3.8) is 0 Å². The van der Waals surface area contributed by atoms with E-state index in [1.165, 1.54) is 0 Å². The van der Waals surface area contributed by atoms with Gasteiger partial charge in [-0.25, -0.2) is 4.79 Å². The molecule has 9 heteroatoms. The van der Waals surface area contributed by atoms with Gasteiger partial charge in [0.2, 0.25) is 0 Å². The first-order valence-corrected chi connectivity index (χ1v) is 11.9. The van der Waals surface area contributed by atoms with Crippen LogP contribution in [-0.4, -0.2) is 55.8 Å². The van der Waals surface area contributed by atoms with Crippen LogP contribution in [0.1, 0.15) is 35.3 Å². The number of esters is 2. The molecule has 1 heterocycles. The fourth-order valence-corrected chi connectivity index (χ4v) is 3.74. The molecule has 0 spiro atoms. The Morgan fingerprint density at radius 3 is 2.27 bits per heavy atom. The van der Waals surface area contributed by atoms with Crippen LogP contribution < -0.4 is 14.2 Å². The number of carbonyl (C=O) groups excluding carboxylic acids is 2. The molecule has 0 amide bonds. The summed E-state index contributed by atoms with van der Waals surface area (Å²) < 4.78 is 27.3. The lowest BCUT2D eigenvalue weighted by Crippen LogP contribution is -2.31. The van der Waals surface area contributed by atoms with E-state index in [-0.39, 0.29) is 32.3 Å². The standard InChI is InChI=1S/C28H32N2O7/c1-5-35-27(31)19-30(17-20-9-10-22(33-3)15-26(20)34-4)18-21-14-23(37-24-8-7-13-29-16-24)11-12-25(21)28(32)36-6-2/h7-16H,5-6,17-19H2,1-4H3. The Morgan fingerprint density at radius 1 is 0.838 bits per heavy atom. The van der Waals surface area contributed by atoms with Gasteiger partial charge in [-0.15, -0.1) is 0 Å².